The summed E-state index contributed by atoms with van der Waals surface area (Å²) in [6, 6.07) is 43.8. The van der Waals surface area contributed by atoms with Gasteiger partial charge in [-0.1, -0.05) is 121 Å². The Morgan fingerprint density at radius 1 is 0.543 bits per heavy atom. The van der Waals surface area contributed by atoms with Gasteiger partial charge in [0.15, 0.2) is 0 Å². The first kappa shape index (κ1) is 29.3. The SMILES string of the molecule is F[B-](F)(F)F.[CH2]C(CP(c1ccccc1)c1ccccc1)P(c1ccccc1)c1ccccc1.[Ni]. The van der Waals surface area contributed by atoms with Crippen molar-refractivity contribution >= 4 is 44.3 Å². The molecular formula is C27H25BF4NiP2-. The predicted octanol–water partition coefficient (Wildman–Crippen LogP) is 6.75. The molecule has 35 heavy (non-hydrogen) atoms. The maximum absolute atomic E-state index is 9.75. The molecule has 4 aromatic carbocycles. The third kappa shape index (κ3) is 9.89. The molecule has 0 aromatic heterocycles. The Balaban J connectivity index is 0.000000656. The molecule has 8 heteroatoms. The van der Waals surface area contributed by atoms with E-state index in [9.17, 15) is 17.3 Å². The molecular weight excluding hydrogens is 532 g/mol. The van der Waals surface area contributed by atoms with Crippen LogP contribution in [0, 0.1) is 6.92 Å². The van der Waals surface area contributed by atoms with Gasteiger partial charge in [0.25, 0.3) is 0 Å². The van der Waals surface area contributed by atoms with Crippen LogP contribution < -0.4 is 21.2 Å². The molecule has 0 N–H and O–H groups in total. The molecule has 0 nitrogen and oxygen atoms in total. The van der Waals surface area contributed by atoms with Gasteiger partial charge >= 0.3 is 7.25 Å². The summed E-state index contributed by atoms with van der Waals surface area (Å²) in [6.45, 7) is 4.73. The van der Waals surface area contributed by atoms with Gasteiger partial charge < -0.3 is 17.3 Å². The summed E-state index contributed by atoms with van der Waals surface area (Å²) in [5, 5.41) is 5.67. The molecule has 0 saturated heterocycles. The number of hydrogen-bond acceptors (Lipinski definition) is 0. The molecule has 185 valence electrons. The average Bonchev–Trinajstić information content (AvgIpc) is 2.84. The number of halogens is 4. The van der Waals surface area contributed by atoms with Gasteiger partial charge in [0, 0.05) is 16.5 Å². The Bertz CT molecular complexity index is 1020. The standard InChI is InChI=1S/C27H25P2.BF4.Ni/c1-23(29(26-18-10-4-11-19-26)27-20-12-5-13-21-27)22-28(24-14-6-2-7-15-24)25-16-8-3-9-17-25;2-1(3,4)5;/h2-21,23H,1,22H2;;/q;-1;. The van der Waals surface area contributed by atoms with Crippen LogP contribution in [0.25, 0.3) is 0 Å². The molecule has 0 bridgehead atoms. The minimum atomic E-state index is -6.00. The molecule has 4 rings (SSSR count). The summed E-state index contributed by atoms with van der Waals surface area (Å²) in [4.78, 5) is 0. The van der Waals surface area contributed by atoms with Crippen LogP contribution >= 0.6 is 15.8 Å². The number of rotatable bonds is 7. The van der Waals surface area contributed by atoms with Gasteiger partial charge in [0.05, 0.1) is 0 Å². The molecule has 1 unspecified atom stereocenters. The van der Waals surface area contributed by atoms with Gasteiger partial charge in [0.2, 0.25) is 0 Å². The molecule has 1 atom stereocenters. The zero-order valence-corrected chi connectivity index (χ0v) is 21.6. The van der Waals surface area contributed by atoms with E-state index in [1.165, 1.54) is 21.2 Å². The van der Waals surface area contributed by atoms with E-state index in [1.807, 2.05) is 0 Å². The summed E-state index contributed by atoms with van der Waals surface area (Å²) >= 11 is 0. The van der Waals surface area contributed by atoms with Gasteiger partial charge in [0.1, 0.15) is 0 Å². The Morgan fingerprint density at radius 3 is 1.09 bits per heavy atom. The first-order chi connectivity index (χ1) is 16.3. The third-order valence-electron chi connectivity index (χ3n) is 4.96. The van der Waals surface area contributed by atoms with Gasteiger partial charge in [-0.25, -0.2) is 0 Å². The van der Waals surface area contributed by atoms with Crippen LogP contribution in [0.3, 0.4) is 0 Å². The minimum Gasteiger partial charge on any atom is -0.418 e. The second-order valence-electron chi connectivity index (χ2n) is 7.47. The molecule has 1 radical (unpaired) electrons. The maximum Gasteiger partial charge on any atom is 0.673 e. The number of benzene rings is 4. The molecule has 4 aromatic rings. The first-order valence-corrected chi connectivity index (χ1v) is 13.7. The van der Waals surface area contributed by atoms with Gasteiger partial charge in [-0.3, -0.25) is 0 Å². The van der Waals surface area contributed by atoms with Crippen LogP contribution in [0.2, 0.25) is 0 Å². The molecule has 0 saturated carbocycles. The second kappa shape index (κ2) is 14.5. The predicted molar refractivity (Wildman–Crippen MR) is 142 cm³/mol. The zero-order valence-electron chi connectivity index (χ0n) is 18.8. The topological polar surface area (TPSA) is 0 Å². The van der Waals surface area contributed by atoms with E-state index in [0.717, 1.165) is 6.16 Å². The Labute approximate surface area is 217 Å². The quantitative estimate of drug-likeness (QED) is 0.134. The zero-order chi connectivity index (χ0) is 24.4. The van der Waals surface area contributed by atoms with E-state index in [1.54, 1.807) is 0 Å². The summed E-state index contributed by atoms with van der Waals surface area (Å²) in [6.07, 6.45) is 1.08. The van der Waals surface area contributed by atoms with Crippen molar-refractivity contribution in [2.45, 2.75) is 5.66 Å². The van der Waals surface area contributed by atoms with Crippen molar-refractivity contribution in [3.8, 4) is 0 Å². The fourth-order valence-corrected chi connectivity index (χ4v) is 9.09. The maximum atomic E-state index is 9.75. The molecule has 0 aliphatic carbocycles. The van der Waals surface area contributed by atoms with Crippen LogP contribution in [0.5, 0.6) is 0 Å². The summed E-state index contributed by atoms with van der Waals surface area (Å²) in [5.74, 6) is 0. The minimum absolute atomic E-state index is 0. The van der Waals surface area contributed by atoms with Crippen molar-refractivity contribution in [2.75, 3.05) is 6.16 Å². The molecule has 0 spiro atoms. The summed E-state index contributed by atoms with van der Waals surface area (Å²) in [7, 11) is -6.97. The van der Waals surface area contributed by atoms with E-state index >= 15 is 0 Å². The number of hydrogen-bond donors (Lipinski definition) is 0. The fraction of sp³-hybridized carbons (Fsp3) is 0.0741. The van der Waals surface area contributed by atoms with E-state index in [2.05, 4.69) is 121 Å². The summed E-state index contributed by atoms with van der Waals surface area (Å²) < 4.78 is 39.0. The average molecular weight is 557 g/mol. The van der Waals surface area contributed by atoms with E-state index < -0.39 is 23.1 Å². The van der Waals surface area contributed by atoms with Crippen molar-refractivity contribution in [2.24, 2.45) is 0 Å². The molecule has 0 aliphatic heterocycles. The third-order valence-corrected chi connectivity index (χ3v) is 10.5. The van der Waals surface area contributed by atoms with Crippen molar-refractivity contribution in [1.29, 1.82) is 0 Å². The molecule has 0 heterocycles. The largest absolute Gasteiger partial charge is 0.673 e. The Hall–Kier alpha value is -1.98. The molecule has 0 aliphatic rings. The normalized spacial score (nSPS) is 11.9. The van der Waals surface area contributed by atoms with Gasteiger partial charge in [-0.2, -0.15) is 0 Å². The van der Waals surface area contributed by atoms with Crippen LogP contribution in [-0.4, -0.2) is 19.1 Å². The van der Waals surface area contributed by atoms with E-state index in [-0.39, 0.29) is 16.5 Å². The van der Waals surface area contributed by atoms with Crippen LogP contribution in [-0.2, 0) is 16.5 Å². The van der Waals surface area contributed by atoms with Crippen LogP contribution in [0.4, 0.5) is 17.3 Å². The molecule has 0 amide bonds. The van der Waals surface area contributed by atoms with Crippen LogP contribution in [0.1, 0.15) is 0 Å². The Kier molecular flexibility index (Phi) is 12.2. The van der Waals surface area contributed by atoms with E-state index in [0.29, 0.717) is 5.66 Å². The van der Waals surface area contributed by atoms with Gasteiger partial charge in [-0.05, 0) is 55.8 Å². The van der Waals surface area contributed by atoms with E-state index in [4.69, 9.17) is 6.92 Å². The van der Waals surface area contributed by atoms with Crippen molar-refractivity contribution < 1.29 is 33.8 Å². The van der Waals surface area contributed by atoms with Crippen molar-refractivity contribution in [1.82, 2.24) is 0 Å². The smallest absolute Gasteiger partial charge is 0.418 e. The van der Waals surface area contributed by atoms with Crippen LogP contribution in [0.15, 0.2) is 121 Å². The summed E-state index contributed by atoms with van der Waals surface area (Å²) in [5.41, 5.74) is 0.335. The fourth-order valence-electron chi connectivity index (χ4n) is 3.62. The first-order valence-electron chi connectivity index (χ1n) is 10.8. The van der Waals surface area contributed by atoms with Crippen molar-refractivity contribution in [3.05, 3.63) is 128 Å². The van der Waals surface area contributed by atoms with Crippen molar-refractivity contribution in [3.63, 3.8) is 0 Å². The molecule has 0 fully saturated rings. The van der Waals surface area contributed by atoms with Gasteiger partial charge in [-0.15, -0.1) is 0 Å². The second-order valence-corrected chi connectivity index (χ2v) is 12.2. The Morgan fingerprint density at radius 2 is 0.800 bits per heavy atom. The monoisotopic (exact) mass is 556 g/mol.